The fourth-order valence-electron chi connectivity index (χ4n) is 1.39. The Bertz CT molecular complexity index is 391. The molecule has 0 amide bonds. The molecule has 0 unspecified atom stereocenters. The van der Waals surface area contributed by atoms with Crippen LogP contribution in [0.1, 0.15) is 6.92 Å². The maximum absolute atomic E-state index is 5.46. The molecule has 80 valence electrons. The van der Waals surface area contributed by atoms with Gasteiger partial charge in [-0.25, -0.2) is 0 Å². The first-order valence-corrected chi connectivity index (χ1v) is 5.18. The first-order valence-electron chi connectivity index (χ1n) is 5.18. The Morgan fingerprint density at radius 1 is 1.40 bits per heavy atom. The summed E-state index contributed by atoms with van der Waals surface area (Å²) in [5.41, 5.74) is 1.95. The van der Waals surface area contributed by atoms with Crippen LogP contribution in [0.4, 0.5) is 0 Å². The van der Waals surface area contributed by atoms with Crippen LogP contribution in [0.3, 0.4) is 0 Å². The Morgan fingerprint density at radius 3 is 3.07 bits per heavy atom. The highest BCUT2D eigenvalue weighted by molar-refractivity contribution is 5.75. The van der Waals surface area contributed by atoms with Gasteiger partial charge < -0.3 is 15.0 Å². The Hall–Kier alpha value is -1.55. The number of para-hydroxylation sites is 2. The number of fused-ring (bicyclic) bond motifs is 1. The predicted molar refractivity (Wildman–Crippen MR) is 60.1 cm³/mol. The topological polar surface area (TPSA) is 49.9 Å². The summed E-state index contributed by atoms with van der Waals surface area (Å²) in [6, 6.07) is 8.48. The van der Waals surface area contributed by atoms with Crippen LogP contribution in [0.5, 0.6) is 6.01 Å². The number of aromatic amines is 1. The number of nitrogens with one attached hydrogen (secondary N) is 2. The van der Waals surface area contributed by atoms with Crippen LogP contribution in [0.15, 0.2) is 24.3 Å². The average Bonchev–Trinajstić information content (AvgIpc) is 2.67. The summed E-state index contributed by atoms with van der Waals surface area (Å²) in [7, 11) is 0. The second-order valence-electron chi connectivity index (χ2n) is 3.26. The fourth-order valence-corrected chi connectivity index (χ4v) is 1.39. The Labute approximate surface area is 88.7 Å². The van der Waals surface area contributed by atoms with Crippen molar-refractivity contribution >= 4 is 11.0 Å². The van der Waals surface area contributed by atoms with Crippen molar-refractivity contribution in [2.75, 3.05) is 19.7 Å². The first-order chi connectivity index (χ1) is 7.40. The van der Waals surface area contributed by atoms with Crippen LogP contribution >= 0.6 is 0 Å². The molecule has 0 aliphatic carbocycles. The summed E-state index contributed by atoms with van der Waals surface area (Å²) in [4.78, 5) is 7.42. The number of hydrogen-bond donors (Lipinski definition) is 2. The molecular formula is C11H15N3O. The number of nitrogens with zero attached hydrogens (tertiary/aromatic N) is 1. The third-order valence-electron chi connectivity index (χ3n) is 2.14. The number of hydrogen-bond acceptors (Lipinski definition) is 3. The van der Waals surface area contributed by atoms with Gasteiger partial charge in [0, 0.05) is 6.54 Å². The van der Waals surface area contributed by atoms with Crippen molar-refractivity contribution in [1.82, 2.24) is 15.3 Å². The minimum Gasteiger partial charge on any atom is -0.463 e. The number of aromatic nitrogens is 2. The maximum Gasteiger partial charge on any atom is 0.294 e. The zero-order valence-electron chi connectivity index (χ0n) is 8.79. The molecule has 0 saturated heterocycles. The summed E-state index contributed by atoms with van der Waals surface area (Å²) in [5.74, 6) is 0. The first kappa shape index (κ1) is 9.98. The van der Waals surface area contributed by atoms with E-state index in [2.05, 4.69) is 22.2 Å². The van der Waals surface area contributed by atoms with E-state index in [1.54, 1.807) is 0 Å². The third kappa shape index (κ3) is 2.47. The minimum atomic E-state index is 0.592. The van der Waals surface area contributed by atoms with Gasteiger partial charge in [-0.3, -0.25) is 0 Å². The van der Waals surface area contributed by atoms with Crippen LogP contribution in [-0.2, 0) is 0 Å². The van der Waals surface area contributed by atoms with E-state index >= 15 is 0 Å². The zero-order chi connectivity index (χ0) is 10.5. The lowest BCUT2D eigenvalue weighted by atomic mass is 10.3. The molecule has 1 heterocycles. The van der Waals surface area contributed by atoms with Gasteiger partial charge in [-0.05, 0) is 18.7 Å². The summed E-state index contributed by atoms with van der Waals surface area (Å²) in [6.07, 6.45) is 0. The molecule has 0 spiro atoms. The molecule has 0 bridgehead atoms. The number of likely N-dealkylation sites (N-methyl/N-ethyl adjacent to an activating group) is 1. The van der Waals surface area contributed by atoms with E-state index in [0.29, 0.717) is 12.6 Å². The van der Waals surface area contributed by atoms with Gasteiger partial charge in [-0.15, -0.1) is 0 Å². The molecule has 0 aliphatic rings. The van der Waals surface area contributed by atoms with Crippen molar-refractivity contribution in [3.63, 3.8) is 0 Å². The van der Waals surface area contributed by atoms with Gasteiger partial charge in [0.15, 0.2) is 0 Å². The van der Waals surface area contributed by atoms with E-state index in [9.17, 15) is 0 Å². The highest BCUT2D eigenvalue weighted by Gasteiger charge is 2.01. The Morgan fingerprint density at radius 2 is 2.27 bits per heavy atom. The molecular weight excluding hydrogens is 190 g/mol. The third-order valence-corrected chi connectivity index (χ3v) is 2.14. The van der Waals surface area contributed by atoms with Gasteiger partial charge in [-0.1, -0.05) is 19.1 Å². The van der Waals surface area contributed by atoms with Crippen LogP contribution < -0.4 is 10.1 Å². The van der Waals surface area contributed by atoms with Gasteiger partial charge in [0.1, 0.15) is 6.61 Å². The molecule has 4 nitrogen and oxygen atoms in total. The summed E-state index contributed by atoms with van der Waals surface area (Å²) < 4.78 is 5.46. The van der Waals surface area contributed by atoms with Gasteiger partial charge in [0.05, 0.1) is 11.0 Å². The molecule has 0 saturated carbocycles. The Balaban J connectivity index is 1.97. The van der Waals surface area contributed by atoms with Crippen molar-refractivity contribution in [3.8, 4) is 6.01 Å². The molecule has 1 aromatic carbocycles. The average molecular weight is 205 g/mol. The molecule has 15 heavy (non-hydrogen) atoms. The van der Waals surface area contributed by atoms with E-state index in [-0.39, 0.29) is 0 Å². The monoisotopic (exact) mass is 205 g/mol. The lowest BCUT2D eigenvalue weighted by Crippen LogP contribution is -2.20. The smallest absolute Gasteiger partial charge is 0.294 e. The lowest BCUT2D eigenvalue weighted by Gasteiger charge is -2.01. The normalized spacial score (nSPS) is 10.7. The molecule has 0 radical (unpaired) electrons. The van der Waals surface area contributed by atoms with Crippen LogP contribution in [-0.4, -0.2) is 29.7 Å². The molecule has 0 fully saturated rings. The van der Waals surface area contributed by atoms with Gasteiger partial charge in [0.25, 0.3) is 6.01 Å². The number of rotatable bonds is 5. The van der Waals surface area contributed by atoms with Gasteiger partial charge in [0.2, 0.25) is 0 Å². The van der Waals surface area contributed by atoms with Crippen LogP contribution in [0, 0.1) is 0 Å². The van der Waals surface area contributed by atoms with Crippen molar-refractivity contribution < 1.29 is 4.74 Å². The summed E-state index contributed by atoms with van der Waals surface area (Å²) in [5, 5.41) is 3.19. The second kappa shape index (κ2) is 4.79. The molecule has 2 aromatic rings. The van der Waals surface area contributed by atoms with E-state index in [4.69, 9.17) is 4.74 Å². The SMILES string of the molecule is CCNCCOc1nc2ccccc2[nH]1. The molecule has 2 rings (SSSR count). The standard InChI is InChI=1S/C11H15N3O/c1-2-12-7-8-15-11-13-9-5-3-4-6-10(9)14-11/h3-6,12H,2,7-8H2,1H3,(H,13,14). The number of imidazole rings is 1. The van der Waals surface area contributed by atoms with Crippen molar-refractivity contribution in [1.29, 1.82) is 0 Å². The quantitative estimate of drug-likeness (QED) is 0.728. The van der Waals surface area contributed by atoms with Gasteiger partial charge in [-0.2, -0.15) is 4.98 Å². The van der Waals surface area contributed by atoms with Gasteiger partial charge >= 0.3 is 0 Å². The predicted octanol–water partition coefficient (Wildman–Crippen LogP) is 1.55. The van der Waals surface area contributed by atoms with E-state index in [1.807, 2.05) is 24.3 Å². The minimum absolute atomic E-state index is 0.592. The molecule has 2 N–H and O–H groups in total. The fraction of sp³-hybridized carbons (Fsp3) is 0.364. The van der Waals surface area contributed by atoms with Crippen LogP contribution in [0.2, 0.25) is 0 Å². The van der Waals surface area contributed by atoms with Crippen molar-refractivity contribution in [2.45, 2.75) is 6.92 Å². The summed E-state index contributed by atoms with van der Waals surface area (Å²) in [6.45, 7) is 4.51. The highest BCUT2D eigenvalue weighted by Crippen LogP contribution is 2.14. The highest BCUT2D eigenvalue weighted by atomic mass is 16.5. The van der Waals surface area contributed by atoms with E-state index < -0.39 is 0 Å². The number of H-pyrrole nitrogens is 1. The van der Waals surface area contributed by atoms with E-state index in [0.717, 1.165) is 24.1 Å². The molecule has 1 aromatic heterocycles. The lowest BCUT2D eigenvalue weighted by molar-refractivity contribution is 0.295. The second-order valence-corrected chi connectivity index (χ2v) is 3.26. The van der Waals surface area contributed by atoms with Crippen molar-refractivity contribution in [2.24, 2.45) is 0 Å². The van der Waals surface area contributed by atoms with E-state index in [1.165, 1.54) is 0 Å². The largest absolute Gasteiger partial charge is 0.463 e. The summed E-state index contributed by atoms with van der Waals surface area (Å²) >= 11 is 0. The van der Waals surface area contributed by atoms with Crippen molar-refractivity contribution in [3.05, 3.63) is 24.3 Å². The molecule has 4 heteroatoms. The molecule has 0 aliphatic heterocycles. The molecule has 0 atom stereocenters. The zero-order valence-corrected chi connectivity index (χ0v) is 8.79. The van der Waals surface area contributed by atoms with Crippen LogP contribution in [0.25, 0.3) is 11.0 Å². The number of benzene rings is 1. The maximum atomic E-state index is 5.46. The Kier molecular flexibility index (Phi) is 3.19. The number of ether oxygens (including phenoxy) is 1.